The summed E-state index contributed by atoms with van der Waals surface area (Å²) in [7, 11) is 1.56. The number of para-hydroxylation sites is 1. The van der Waals surface area contributed by atoms with Crippen molar-refractivity contribution in [3.63, 3.8) is 0 Å². The SMILES string of the molecule is COCCOC(=O)C1=C(C)N=C2SC=C(CC(=O)N3CCCC3)N2C1c1cccc(Oc2ccccc2)c1. The second-order valence-corrected chi connectivity index (χ2v) is 10.1. The molecule has 1 fully saturated rings. The van der Waals surface area contributed by atoms with Crippen molar-refractivity contribution in [1.82, 2.24) is 9.80 Å². The molecule has 0 aliphatic carbocycles. The van der Waals surface area contributed by atoms with Gasteiger partial charge in [0, 0.05) is 25.9 Å². The van der Waals surface area contributed by atoms with E-state index in [1.54, 1.807) is 7.11 Å². The van der Waals surface area contributed by atoms with Crippen LogP contribution in [0.15, 0.2) is 82.0 Å². The van der Waals surface area contributed by atoms with Crippen molar-refractivity contribution in [2.75, 3.05) is 33.4 Å². The Bertz CT molecular complexity index is 1280. The Labute approximate surface area is 226 Å². The highest BCUT2D eigenvalue weighted by molar-refractivity contribution is 8.16. The molecule has 3 heterocycles. The maximum atomic E-state index is 13.4. The molecule has 0 aromatic heterocycles. The zero-order chi connectivity index (χ0) is 26.5. The van der Waals surface area contributed by atoms with Gasteiger partial charge in [0.2, 0.25) is 5.91 Å². The third kappa shape index (κ3) is 5.63. The van der Waals surface area contributed by atoms with Crippen LogP contribution in [0.4, 0.5) is 0 Å². The number of nitrogens with zero attached hydrogens (tertiary/aromatic N) is 3. The summed E-state index contributed by atoms with van der Waals surface area (Å²) in [5.74, 6) is 0.998. The minimum atomic E-state index is -0.524. The number of aliphatic imine (C=N–C) groups is 1. The summed E-state index contributed by atoms with van der Waals surface area (Å²) < 4.78 is 16.7. The van der Waals surface area contributed by atoms with Crippen molar-refractivity contribution in [1.29, 1.82) is 0 Å². The molecule has 2 aromatic rings. The summed E-state index contributed by atoms with van der Waals surface area (Å²) in [6, 6.07) is 16.7. The van der Waals surface area contributed by atoms with Gasteiger partial charge in [0.25, 0.3) is 0 Å². The number of hydrogen-bond acceptors (Lipinski definition) is 8. The fourth-order valence-corrected chi connectivity index (χ4v) is 5.81. The molecule has 38 heavy (non-hydrogen) atoms. The van der Waals surface area contributed by atoms with E-state index in [0.29, 0.717) is 23.6 Å². The van der Waals surface area contributed by atoms with E-state index in [-0.39, 0.29) is 18.9 Å². The molecule has 1 atom stereocenters. The molecule has 0 N–H and O–H groups in total. The van der Waals surface area contributed by atoms with Gasteiger partial charge in [-0.3, -0.25) is 4.79 Å². The quantitative estimate of drug-likeness (QED) is 0.321. The number of ether oxygens (including phenoxy) is 3. The van der Waals surface area contributed by atoms with E-state index < -0.39 is 12.0 Å². The molecule has 0 radical (unpaired) electrons. The maximum Gasteiger partial charge on any atom is 0.338 e. The van der Waals surface area contributed by atoms with Gasteiger partial charge in [-0.25, -0.2) is 9.79 Å². The van der Waals surface area contributed by atoms with Crippen molar-refractivity contribution in [2.45, 2.75) is 32.2 Å². The molecule has 3 aliphatic rings. The number of carbonyl (C=O) groups excluding carboxylic acids is 2. The number of thioether (sulfide) groups is 1. The van der Waals surface area contributed by atoms with Crippen molar-refractivity contribution in [3.8, 4) is 11.5 Å². The molecule has 9 heteroatoms. The zero-order valence-corrected chi connectivity index (χ0v) is 22.4. The molecule has 1 unspecified atom stereocenters. The second kappa shape index (κ2) is 11.9. The minimum absolute atomic E-state index is 0.0889. The number of methoxy groups -OCH3 is 1. The number of amides is 1. The van der Waals surface area contributed by atoms with Crippen LogP contribution in [0.1, 0.15) is 37.8 Å². The van der Waals surface area contributed by atoms with E-state index in [4.69, 9.17) is 19.2 Å². The highest BCUT2D eigenvalue weighted by atomic mass is 32.2. The number of benzene rings is 2. The van der Waals surface area contributed by atoms with Crippen LogP contribution in [0.2, 0.25) is 0 Å². The predicted octanol–water partition coefficient (Wildman–Crippen LogP) is 5.26. The number of fused-ring (bicyclic) bond motifs is 1. The van der Waals surface area contributed by atoms with Gasteiger partial charge in [-0.2, -0.15) is 0 Å². The van der Waals surface area contributed by atoms with Gasteiger partial charge >= 0.3 is 5.97 Å². The summed E-state index contributed by atoms with van der Waals surface area (Å²) in [6.07, 6.45) is 2.31. The van der Waals surface area contributed by atoms with Crippen LogP contribution in [0.3, 0.4) is 0 Å². The molecule has 0 spiro atoms. The lowest BCUT2D eigenvalue weighted by Gasteiger charge is -2.36. The molecular weight excluding hydrogens is 502 g/mol. The topological polar surface area (TPSA) is 80.7 Å². The fraction of sp³-hybridized carbons (Fsp3) is 0.345. The van der Waals surface area contributed by atoms with Gasteiger partial charge in [0.15, 0.2) is 5.17 Å². The zero-order valence-electron chi connectivity index (χ0n) is 21.6. The van der Waals surface area contributed by atoms with Crippen molar-refractivity contribution in [2.24, 2.45) is 4.99 Å². The van der Waals surface area contributed by atoms with E-state index in [0.717, 1.165) is 48.1 Å². The molecule has 1 amide bonds. The first-order chi connectivity index (χ1) is 18.5. The first-order valence-electron chi connectivity index (χ1n) is 12.8. The van der Waals surface area contributed by atoms with E-state index in [1.807, 2.05) is 76.7 Å². The second-order valence-electron chi connectivity index (χ2n) is 9.27. The van der Waals surface area contributed by atoms with Crippen molar-refractivity contribution in [3.05, 3.63) is 82.5 Å². The van der Waals surface area contributed by atoms with Crippen LogP contribution in [0.5, 0.6) is 11.5 Å². The van der Waals surface area contributed by atoms with E-state index in [9.17, 15) is 9.59 Å². The van der Waals surface area contributed by atoms with Crippen LogP contribution in [0.25, 0.3) is 0 Å². The average Bonchev–Trinajstić information content (AvgIpc) is 3.59. The van der Waals surface area contributed by atoms with E-state index in [2.05, 4.69) is 0 Å². The van der Waals surface area contributed by atoms with E-state index in [1.165, 1.54) is 11.8 Å². The molecular formula is C29H31N3O5S. The van der Waals surface area contributed by atoms with Crippen LogP contribution >= 0.6 is 11.8 Å². The van der Waals surface area contributed by atoms with Gasteiger partial charge in [0.05, 0.1) is 30.3 Å². The summed E-state index contributed by atoms with van der Waals surface area (Å²) >= 11 is 1.47. The number of allylic oxidation sites excluding steroid dienone is 1. The number of likely N-dealkylation sites (tertiary alicyclic amines) is 1. The lowest BCUT2D eigenvalue weighted by Crippen LogP contribution is -2.38. The number of rotatable bonds is 9. The Morgan fingerprint density at radius 2 is 1.79 bits per heavy atom. The molecule has 0 saturated carbocycles. The first kappa shape index (κ1) is 26.1. The molecule has 198 valence electrons. The largest absolute Gasteiger partial charge is 0.460 e. The van der Waals surface area contributed by atoms with Gasteiger partial charge in [-0.1, -0.05) is 42.1 Å². The predicted molar refractivity (Wildman–Crippen MR) is 147 cm³/mol. The lowest BCUT2D eigenvalue weighted by atomic mass is 9.93. The molecule has 0 bridgehead atoms. The van der Waals surface area contributed by atoms with Gasteiger partial charge < -0.3 is 24.0 Å². The Morgan fingerprint density at radius 3 is 2.55 bits per heavy atom. The normalized spacial score (nSPS) is 18.7. The number of hydrogen-bond donors (Lipinski definition) is 0. The molecule has 5 rings (SSSR count). The summed E-state index contributed by atoms with van der Waals surface area (Å²) in [5.41, 5.74) is 2.68. The maximum absolute atomic E-state index is 13.4. The van der Waals surface area contributed by atoms with Gasteiger partial charge in [0.1, 0.15) is 18.1 Å². The standard InChI is InChI=1S/C29H31N3O5S/c1-20-26(28(34)36-16-15-35-2)27(21-9-8-12-24(17-21)37-23-10-4-3-5-11-23)32-22(19-38-29(32)30-20)18-25(33)31-13-6-7-14-31/h3-5,8-12,17,19,27H,6-7,13-16,18H2,1-2H3. The van der Waals surface area contributed by atoms with Gasteiger partial charge in [-0.05, 0) is 55.0 Å². The third-order valence-corrected chi connectivity index (χ3v) is 7.57. The van der Waals surface area contributed by atoms with Crippen molar-refractivity contribution >= 4 is 28.8 Å². The number of carbonyl (C=O) groups is 2. The third-order valence-electron chi connectivity index (χ3n) is 6.69. The summed E-state index contributed by atoms with van der Waals surface area (Å²) in [5, 5.41) is 2.70. The smallest absolute Gasteiger partial charge is 0.338 e. The number of amidine groups is 1. The molecule has 8 nitrogen and oxygen atoms in total. The average molecular weight is 534 g/mol. The Balaban J connectivity index is 1.49. The minimum Gasteiger partial charge on any atom is -0.460 e. The van der Waals surface area contributed by atoms with Crippen LogP contribution in [-0.4, -0.2) is 60.3 Å². The number of esters is 1. The molecule has 2 aromatic carbocycles. The van der Waals surface area contributed by atoms with Crippen LogP contribution in [-0.2, 0) is 19.1 Å². The lowest BCUT2D eigenvalue weighted by molar-refractivity contribution is -0.141. The monoisotopic (exact) mass is 533 g/mol. The van der Waals surface area contributed by atoms with Crippen molar-refractivity contribution < 1.29 is 23.8 Å². The highest BCUT2D eigenvalue weighted by Gasteiger charge is 2.41. The molecule has 1 saturated heterocycles. The fourth-order valence-electron chi connectivity index (χ4n) is 4.85. The molecule has 3 aliphatic heterocycles. The van der Waals surface area contributed by atoms with Crippen LogP contribution in [0, 0.1) is 0 Å². The van der Waals surface area contributed by atoms with Crippen LogP contribution < -0.4 is 4.74 Å². The Morgan fingerprint density at radius 1 is 1.03 bits per heavy atom. The first-order valence-corrected chi connectivity index (χ1v) is 13.6. The van der Waals surface area contributed by atoms with E-state index >= 15 is 0 Å². The highest BCUT2D eigenvalue weighted by Crippen LogP contribution is 2.45. The van der Waals surface area contributed by atoms with Gasteiger partial charge in [-0.15, -0.1) is 0 Å². The Hall–Kier alpha value is -3.56. The summed E-state index contributed by atoms with van der Waals surface area (Å²) in [4.78, 5) is 35.2. The summed E-state index contributed by atoms with van der Waals surface area (Å²) in [6.45, 7) is 3.84. The Kier molecular flexibility index (Phi) is 8.14.